The molecule has 1 saturated carbocycles. The molecule has 69 heavy (non-hydrogen) atoms. The van der Waals surface area contributed by atoms with Crippen LogP contribution in [0, 0.1) is 11.6 Å². The fourth-order valence-electron chi connectivity index (χ4n) is 10.5. The molecule has 5 heterocycles. The zero-order valence-corrected chi connectivity index (χ0v) is 42.2. The summed E-state index contributed by atoms with van der Waals surface area (Å²) in [6.45, 7) is 11.8. The van der Waals surface area contributed by atoms with Crippen molar-refractivity contribution < 1.29 is 17.9 Å². The molecule has 12 nitrogen and oxygen atoms in total. The molecular formula is C53H67ClF2N10O2S. The second-order valence-corrected chi connectivity index (χ2v) is 20.0. The molecule has 16 heteroatoms. The topological polar surface area (TPSA) is 170 Å². The van der Waals surface area contributed by atoms with Gasteiger partial charge in [-0.15, -0.1) is 11.8 Å². The molecule has 0 amide bonds. The first-order valence-corrected chi connectivity index (χ1v) is 25.8. The summed E-state index contributed by atoms with van der Waals surface area (Å²) in [5.41, 5.74) is 32.2. The monoisotopic (exact) mass is 980 g/mol. The highest BCUT2D eigenvalue weighted by molar-refractivity contribution is 7.98. The van der Waals surface area contributed by atoms with Crippen molar-refractivity contribution in [1.82, 2.24) is 24.1 Å². The van der Waals surface area contributed by atoms with E-state index in [-0.39, 0.29) is 34.8 Å². The molecule has 2 aliphatic carbocycles. The fourth-order valence-corrected chi connectivity index (χ4v) is 11.2. The standard InChI is InChI=1S/C15H21FN2O.C14H17N3O.C13H14ClFN2.C11H15N3S/c1-9(17)8-18-13-5-3-4-10(13)11-6-12(16)15(19-2)7-14(11)18;1-3-11-6-12-13(18-11)5-4-10-7-16-17(14(10)12)8-9(2)15;14-13-9(15)4-5-11-12(13)8-2-1-3-10(8)17(11)7-6-16;1-8(12)7-14-11-5-10(15-2)4-3-9(11)6-13-14/h6-7,9-10,13H,3-5,8,17H2,1-2H3;4-7,9H,3,8,15H2,1-2H3;4-5H,1-3,6-7,16H2;3-6,8H,7,12H2,1-2H3/t9-,10+,13+;9-;;8-/m00.0/s1. The van der Waals surface area contributed by atoms with Crippen LogP contribution in [-0.4, -0.2) is 74.8 Å². The van der Waals surface area contributed by atoms with E-state index in [1.165, 1.54) is 53.1 Å². The highest BCUT2D eigenvalue weighted by Gasteiger charge is 2.42. The number of furan rings is 1. The van der Waals surface area contributed by atoms with Crippen molar-refractivity contribution in [3.63, 3.8) is 0 Å². The number of benzene rings is 4. The van der Waals surface area contributed by atoms with Crippen LogP contribution in [-0.2, 0) is 38.9 Å². The summed E-state index contributed by atoms with van der Waals surface area (Å²) in [6, 6.07) is 20.1. The number of anilines is 1. The summed E-state index contributed by atoms with van der Waals surface area (Å²) in [4.78, 5) is 3.62. The minimum absolute atomic E-state index is 0.0842. The molecule has 0 spiro atoms. The van der Waals surface area contributed by atoms with Gasteiger partial charge in [-0.2, -0.15) is 10.2 Å². The molecule has 0 saturated heterocycles. The molecule has 8 aromatic rings. The Balaban J connectivity index is 0.000000124. The maximum absolute atomic E-state index is 13.9. The predicted octanol–water partition coefficient (Wildman–Crippen LogP) is 10.3. The first kappa shape index (κ1) is 50.2. The van der Waals surface area contributed by atoms with Crippen LogP contribution in [0.5, 0.6) is 5.75 Å². The summed E-state index contributed by atoms with van der Waals surface area (Å²) in [5.74, 6) is 1.21. The highest BCUT2D eigenvalue weighted by Crippen LogP contribution is 2.50. The highest BCUT2D eigenvalue weighted by atomic mass is 35.5. The second kappa shape index (κ2) is 21.9. The number of nitrogens with two attached hydrogens (primary N) is 4. The maximum atomic E-state index is 13.9. The minimum Gasteiger partial charge on any atom is -0.494 e. The molecule has 4 aromatic heterocycles. The number of fused-ring (bicyclic) bond motifs is 10. The lowest BCUT2D eigenvalue weighted by molar-refractivity contribution is 0.386. The van der Waals surface area contributed by atoms with E-state index in [0.29, 0.717) is 24.3 Å². The van der Waals surface area contributed by atoms with E-state index >= 15 is 0 Å². The Kier molecular flexibility index (Phi) is 15.9. The quantitative estimate of drug-likeness (QED) is 0.0915. The third kappa shape index (κ3) is 10.5. The lowest BCUT2D eigenvalue weighted by Gasteiger charge is -2.28. The molecular weight excluding hydrogens is 914 g/mol. The number of methoxy groups -OCH3 is 1. The number of aromatic nitrogens is 5. The molecule has 3 aliphatic rings. The van der Waals surface area contributed by atoms with Crippen molar-refractivity contribution >= 4 is 72.7 Å². The Labute approximate surface area is 412 Å². The predicted molar refractivity (Wildman–Crippen MR) is 280 cm³/mol. The van der Waals surface area contributed by atoms with Gasteiger partial charge in [-0.1, -0.05) is 31.0 Å². The van der Waals surface area contributed by atoms with E-state index in [0.717, 1.165) is 108 Å². The van der Waals surface area contributed by atoms with E-state index in [2.05, 4.69) is 57.1 Å². The third-order valence-electron chi connectivity index (χ3n) is 13.4. The molecule has 11 rings (SSSR count). The summed E-state index contributed by atoms with van der Waals surface area (Å²) in [7, 11) is 1.51. The molecule has 0 unspecified atom stereocenters. The molecule has 4 aromatic carbocycles. The zero-order chi connectivity index (χ0) is 49.1. The average Bonchev–Trinajstić information content (AvgIpc) is 4.20. The largest absolute Gasteiger partial charge is 0.494 e. The number of rotatable bonds is 11. The minimum atomic E-state index is -0.334. The lowest BCUT2D eigenvalue weighted by Crippen LogP contribution is -2.40. The summed E-state index contributed by atoms with van der Waals surface area (Å²) in [6.07, 6.45) is 13.5. The number of halogens is 3. The van der Waals surface area contributed by atoms with Crippen LogP contribution < -0.4 is 32.6 Å². The molecule has 0 radical (unpaired) electrons. The number of thioether (sulfide) groups is 1. The lowest BCUT2D eigenvalue weighted by atomic mass is 9.97. The molecule has 8 N–H and O–H groups in total. The fraction of sp³-hybridized carbons (Fsp3) is 0.434. The molecule has 1 fully saturated rings. The molecule has 0 bridgehead atoms. The van der Waals surface area contributed by atoms with Crippen LogP contribution in [0.4, 0.5) is 14.5 Å². The van der Waals surface area contributed by atoms with Gasteiger partial charge in [-0.3, -0.25) is 9.36 Å². The first-order chi connectivity index (χ1) is 33.2. The Morgan fingerprint density at radius 2 is 1.57 bits per heavy atom. The van der Waals surface area contributed by atoms with E-state index in [1.807, 2.05) is 66.8 Å². The van der Waals surface area contributed by atoms with E-state index in [9.17, 15) is 8.78 Å². The van der Waals surface area contributed by atoms with E-state index in [1.54, 1.807) is 17.8 Å². The Morgan fingerprint density at radius 3 is 2.28 bits per heavy atom. The Morgan fingerprint density at radius 1 is 0.841 bits per heavy atom. The van der Waals surface area contributed by atoms with Gasteiger partial charge in [-0.05, 0) is 119 Å². The van der Waals surface area contributed by atoms with Gasteiger partial charge in [-0.25, -0.2) is 8.78 Å². The Hall–Kier alpha value is -5.16. The number of hydrogen-bond acceptors (Lipinski definition) is 10. The van der Waals surface area contributed by atoms with E-state index < -0.39 is 0 Å². The van der Waals surface area contributed by atoms with Crippen LogP contribution >= 0.6 is 23.4 Å². The number of ether oxygens (including phenoxy) is 1. The Bertz CT molecular complexity index is 3050. The van der Waals surface area contributed by atoms with Crippen molar-refractivity contribution in [3.05, 3.63) is 112 Å². The van der Waals surface area contributed by atoms with Gasteiger partial charge in [0.25, 0.3) is 0 Å². The van der Waals surface area contributed by atoms with Gasteiger partial charge in [0.15, 0.2) is 11.6 Å². The summed E-state index contributed by atoms with van der Waals surface area (Å²) >= 11 is 7.85. The van der Waals surface area contributed by atoms with Crippen molar-refractivity contribution in [1.29, 1.82) is 0 Å². The molecule has 5 atom stereocenters. The number of aryl methyl sites for hydroxylation is 2. The van der Waals surface area contributed by atoms with Gasteiger partial charge in [0.05, 0.1) is 54.2 Å². The maximum Gasteiger partial charge on any atom is 0.165 e. The number of nitrogens with zero attached hydrogens (tertiary/aromatic N) is 6. The van der Waals surface area contributed by atoms with Gasteiger partial charge in [0, 0.05) is 100 Å². The summed E-state index contributed by atoms with van der Waals surface area (Å²) < 4.78 is 44.5. The van der Waals surface area contributed by atoms with Gasteiger partial charge < -0.3 is 41.6 Å². The molecule has 368 valence electrons. The van der Waals surface area contributed by atoms with Gasteiger partial charge >= 0.3 is 0 Å². The smallest absolute Gasteiger partial charge is 0.165 e. The average molecular weight is 982 g/mol. The summed E-state index contributed by atoms with van der Waals surface area (Å²) in [5, 5.41) is 13.3. The van der Waals surface area contributed by atoms with Crippen molar-refractivity contribution in [2.45, 2.75) is 127 Å². The number of hydrogen-bond donors (Lipinski definition) is 4. The first-order valence-electron chi connectivity index (χ1n) is 24.2. The van der Waals surface area contributed by atoms with Gasteiger partial charge in [0.1, 0.15) is 17.2 Å². The van der Waals surface area contributed by atoms with Crippen molar-refractivity contribution in [2.24, 2.45) is 22.9 Å². The van der Waals surface area contributed by atoms with Crippen LogP contribution in [0.25, 0.3) is 43.7 Å². The van der Waals surface area contributed by atoms with Crippen LogP contribution in [0.15, 0.2) is 82.4 Å². The van der Waals surface area contributed by atoms with E-state index in [4.69, 9.17) is 43.7 Å². The van der Waals surface area contributed by atoms with Crippen molar-refractivity contribution in [2.75, 3.05) is 31.4 Å². The molecule has 1 aliphatic heterocycles. The zero-order valence-electron chi connectivity index (χ0n) is 40.7. The second-order valence-electron chi connectivity index (χ2n) is 18.8. The van der Waals surface area contributed by atoms with Crippen LogP contribution in [0.2, 0.25) is 5.02 Å². The SMILES string of the molecule is CCc1cc2c(ccc3cnn(C[C@H](C)N)c32)o1.COc1cc2c(cc1F)[C@H]1CCC[C@H]1N2C[C@H](C)N.CSc1ccc2cnn(C[C@H](C)N)c2c1.NCCn1c2c(c3c(Cl)c(F)ccc31)CCC2. The third-order valence-corrected chi connectivity index (χ3v) is 14.5. The van der Waals surface area contributed by atoms with Crippen molar-refractivity contribution in [3.8, 4) is 5.75 Å². The van der Waals surface area contributed by atoms with Crippen LogP contribution in [0.3, 0.4) is 0 Å². The normalized spacial score (nSPS) is 17.2. The van der Waals surface area contributed by atoms with Crippen LogP contribution in [0.1, 0.15) is 81.9 Å². The van der Waals surface area contributed by atoms with Gasteiger partial charge in [0.2, 0.25) is 0 Å².